The molecule has 0 radical (unpaired) electrons. The van der Waals surface area contributed by atoms with Gasteiger partial charge in [0, 0.05) is 29.3 Å². The number of ether oxygens (including phenoxy) is 2. The van der Waals surface area contributed by atoms with Crippen molar-refractivity contribution >= 4 is 29.2 Å². The molecule has 2 aromatic rings. The van der Waals surface area contributed by atoms with Crippen LogP contribution in [0.2, 0.25) is 0 Å². The van der Waals surface area contributed by atoms with Crippen LogP contribution >= 0.6 is 11.8 Å². The first kappa shape index (κ1) is 16.9. The van der Waals surface area contributed by atoms with Gasteiger partial charge in [-0.25, -0.2) is 13.8 Å². The van der Waals surface area contributed by atoms with Crippen LogP contribution in [0.1, 0.15) is 17.4 Å². The lowest BCUT2D eigenvalue weighted by molar-refractivity contribution is 0.0909. The Kier molecular flexibility index (Phi) is 4.10. The van der Waals surface area contributed by atoms with Gasteiger partial charge in [0.1, 0.15) is 17.5 Å². The van der Waals surface area contributed by atoms with E-state index < -0.39 is 11.6 Å². The van der Waals surface area contributed by atoms with E-state index in [0.29, 0.717) is 5.75 Å². The standard InChI is InChI=1S/C17H15F2N3O3S/c1-17(6-26-7-17)22-16(23)14-15-12(24-8-25-15)5-13(21-14)20-11-3-9(18)2-10(19)4-11/h2-5H,6-8H2,1H3,(H,20,21)(H,22,23). The summed E-state index contributed by atoms with van der Waals surface area (Å²) >= 11 is 1.74. The fourth-order valence-electron chi connectivity index (χ4n) is 2.71. The highest BCUT2D eigenvalue weighted by Crippen LogP contribution is 2.38. The molecule has 0 bridgehead atoms. The third-order valence-electron chi connectivity index (χ3n) is 3.96. The van der Waals surface area contributed by atoms with Crippen molar-refractivity contribution in [3.8, 4) is 11.5 Å². The summed E-state index contributed by atoms with van der Waals surface area (Å²) in [5.41, 5.74) is -0.0506. The maximum atomic E-state index is 13.4. The number of hydrogen-bond donors (Lipinski definition) is 2. The molecule has 0 unspecified atom stereocenters. The number of benzene rings is 1. The van der Waals surface area contributed by atoms with Crippen LogP contribution in [0.3, 0.4) is 0 Å². The molecule has 1 saturated heterocycles. The molecule has 1 aromatic carbocycles. The largest absolute Gasteiger partial charge is 0.453 e. The minimum Gasteiger partial charge on any atom is -0.453 e. The first-order valence-electron chi connectivity index (χ1n) is 7.86. The number of aromatic nitrogens is 1. The average molecular weight is 379 g/mol. The van der Waals surface area contributed by atoms with Gasteiger partial charge in [-0.15, -0.1) is 0 Å². The average Bonchev–Trinajstić information content (AvgIpc) is 2.99. The maximum Gasteiger partial charge on any atom is 0.274 e. The van der Waals surface area contributed by atoms with Crippen molar-refractivity contribution < 1.29 is 23.0 Å². The Bertz CT molecular complexity index is 870. The van der Waals surface area contributed by atoms with Crippen LogP contribution in [0.25, 0.3) is 0 Å². The zero-order valence-electron chi connectivity index (χ0n) is 13.8. The Morgan fingerprint density at radius 3 is 2.58 bits per heavy atom. The van der Waals surface area contributed by atoms with Gasteiger partial charge in [0.25, 0.3) is 5.91 Å². The zero-order chi connectivity index (χ0) is 18.3. The number of thioether (sulfide) groups is 1. The van der Waals surface area contributed by atoms with Crippen LogP contribution in [0, 0.1) is 11.6 Å². The number of hydrogen-bond acceptors (Lipinski definition) is 6. The summed E-state index contributed by atoms with van der Waals surface area (Å²) in [4.78, 5) is 16.9. The molecule has 136 valence electrons. The highest BCUT2D eigenvalue weighted by molar-refractivity contribution is 8.00. The smallest absolute Gasteiger partial charge is 0.274 e. The Morgan fingerprint density at radius 1 is 1.19 bits per heavy atom. The van der Waals surface area contributed by atoms with E-state index in [-0.39, 0.29) is 41.2 Å². The second kappa shape index (κ2) is 6.31. The lowest BCUT2D eigenvalue weighted by atomic mass is 10.1. The van der Waals surface area contributed by atoms with E-state index in [0.717, 1.165) is 29.7 Å². The van der Waals surface area contributed by atoms with Crippen molar-refractivity contribution in [3.05, 3.63) is 41.6 Å². The third-order valence-corrected chi connectivity index (χ3v) is 5.65. The molecule has 2 aliphatic rings. The number of carbonyl (C=O) groups is 1. The predicted octanol–water partition coefficient (Wildman–Crippen LogP) is 3.07. The van der Waals surface area contributed by atoms with Crippen LogP contribution in [0.15, 0.2) is 24.3 Å². The monoisotopic (exact) mass is 379 g/mol. The summed E-state index contributed by atoms with van der Waals surface area (Å²) in [7, 11) is 0. The van der Waals surface area contributed by atoms with Crippen molar-refractivity contribution in [2.45, 2.75) is 12.5 Å². The molecule has 1 aromatic heterocycles. The highest BCUT2D eigenvalue weighted by Gasteiger charge is 2.36. The van der Waals surface area contributed by atoms with Crippen LogP contribution in [0.4, 0.5) is 20.3 Å². The van der Waals surface area contributed by atoms with Gasteiger partial charge in [0.15, 0.2) is 17.2 Å². The Balaban J connectivity index is 1.65. The molecular weight excluding hydrogens is 364 g/mol. The lowest BCUT2D eigenvalue weighted by Gasteiger charge is -2.38. The van der Waals surface area contributed by atoms with Crippen molar-refractivity contribution in [2.24, 2.45) is 0 Å². The minimum absolute atomic E-state index is 0.0253. The van der Waals surface area contributed by atoms with E-state index in [1.165, 1.54) is 6.07 Å². The topological polar surface area (TPSA) is 72.5 Å². The van der Waals surface area contributed by atoms with Gasteiger partial charge < -0.3 is 20.1 Å². The number of fused-ring (bicyclic) bond motifs is 1. The number of anilines is 2. The van der Waals surface area contributed by atoms with E-state index >= 15 is 0 Å². The Labute approximate surface area is 152 Å². The zero-order valence-corrected chi connectivity index (χ0v) is 14.6. The van der Waals surface area contributed by atoms with Gasteiger partial charge in [-0.1, -0.05) is 0 Å². The van der Waals surface area contributed by atoms with Crippen molar-refractivity contribution in [2.75, 3.05) is 23.6 Å². The van der Waals surface area contributed by atoms with Gasteiger partial charge in [-0.3, -0.25) is 4.79 Å². The molecule has 1 amide bonds. The van der Waals surface area contributed by atoms with Gasteiger partial charge in [-0.05, 0) is 19.1 Å². The lowest BCUT2D eigenvalue weighted by Crippen LogP contribution is -2.55. The molecule has 6 nitrogen and oxygen atoms in total. The highest BCUT2D eigenvalue weighted by atomic mass is 32.2. The van der Waals surface area contributed by atoms with E-state index in [1.807, 2.05) is 6.92 Å². The fourth-order valence-corrected chi connectivity index (χ4v) is 3.67. The van der Waals surface area contributed by atoms with E-state index in [4.69, 9.17) is 9.47 Å². The molecule has 0 saturated carbocycles. The number of carbonyl (C=O) groups excluding carboxylic acids is 1. The second-order valence-corrected chi connectivity index (χ2v) is 7.37. The molecule has 0 atom stereocenters. The summed E-state index contributed by atoms with van der Waals surface area (Å²) in [5, 5.41) is 5.73. The molecular formula is C17H15F2N3O3S. The summed E-state index contributed by atoms with van der Waals surface area (Å²) in [5.74, 6) is 0.633. The Hall–Kier alpha value is -2.55. The normalized spacial score (nSPS) is 16.7. The maximum absolute atomic E-state index is 13.4. The number of rotatable bonds is 4. The van der Waals surface area contributed by atoms with E-state index in [1.54, 1.807) is 11.8 Å². The quantitative estimate of drug-likeness (QED) is 0.851. The van der Waals surface area contributed by atoms with Crippen molar-refractivity contribution in [1.82, 2.24) is 10.3 Å². The van der Waals surface area contributed by atoms with Gasteiger partial charge in [0.05, 0.1) is 5.54 Å². The fraction of sp³-hybridized carbons (Fsp3) is 0.294. The third kappa shape index (κ3) is 3.26. The predicted molar refractivity (Wildman–Crippen MR) is 93.2 cm³/mol. The van der Waals surface area contributed by atoms with Crippen LogP contribution < -0.4 is 20.1 Å². The van der Waals surface area contributed by atoms with Gasteiger partial charge in [0.2, 0.25) is 6.79 Å². The molecule has 9 heteroatoms. The summed E-state index contributed by atoms with van der Waals surface area (Å²) in [6.07, 6.45) is 0. The molecule has 2 aliphatic heterocycles. The molecule has 1 fully saturated rings. The number of nitrogens with zero attached hydrogens (tertiary/aromatic N) is 1. The molecule has 2 N–H and O–H groups in total. The van der Waals surface area contributed by atoms with Crippen LogP contribution in [-0.4, -0.2) is 34.7 Å². The van der Waals surface area contributed by atoms with Gasteiger partial charge in [-0.2, -0.15) is 11.8 Å². The number of pyridine rings is 1. The second-order valence-electron chi connectivity index (χ2n) is 6.38. The van der Waals surface area contributed by atoms with Gasteiger partial charge >= 0.3 is 0 Å². The van der Waals surface area contributed by atoms with Crippen molar-refractivity contribution in [1.29, 1.82) is 0 Å². The van der Waals surface area contributed by atoms with E-state index in [9.17, 15) is 13.6 Å². The Morgan fingerprint density at radius 2 is 1.92 bits per heavy atom. The number of amides is 1. The summed E-state index contributed by atoms with van der Waals surface area (Å²) in [6.45, 7) is 1.93. The summed E-state index contributed by atoms with van der Waals surface area (Å²) < 4.78 is 37.5. The molecule has 0 aliphatic carbocycles. The van der Waals surface area contributed by atoms with Crippen LogP contribution in [0.5, 0.6) is 11.5 Å². The number of halogens is 2. The number of nitrogens with one attached hydrogen (secondary N) is 2. The minimum atomic E-state index is -0.721. The molecule has 26 heavy (non-hydrogen) atoms. The molecule has 0 spiro atoms. The first-order chi connectivity index (χ1) is 12.4. The van der Waals surface area contributed by atoms with E-state index in [2.05, 4.69) is 15.6 Å². The SMILES string of the molecule is CC1(NC(=O)c2nc(Nc3cc(F)cc(F)c3)cc3c2OCO3)CSC1. The first-order valence-corrected chi connectivity index (χ1v) is 9.01. The van der Waals surface area contributed by atoms with Crippen molar-refractivity contribution in [3.63, 3.8) is 0 Å². The molecule has 4 rings (SSSR count). The van der Waals surface area contributed by atoms with Crippen LogP contribution in [-0.2, 0) is 0 Å². The summed E-state index contributed by atoms with van der Waals surface area (Å²) in [6, 6.07) is 4.54. The molecule has 3 heterocycles.